The van der Waals surface area contributed by atoms with Gasteiger partial charge in [0.15, 0.2) is 11.8 Å². The highest BCUT2D eigenvalue weighted by atomic mass is 35.5. The van der Waals surface area contributed by atoms with Crippen LogP contribution in [0.1, 0.15) is 11.4 Å². The zero-order chi connectivity index (χ0) is 10.0. The third-order valence-corrected chi connectivity index (χ3v) is 1.40. The first kappa shape index (κ1) is 12.6. The van der Waals surface area contributed by atoms with Crippen molar-refractivity contribution in [2.45, 2.75) is 6.92 Å². The van der Waals surface area contributed by atoms with E-state index in [-0.39, 0.29) is 29.7 Å². The number of nitrogens with zero attached hydrogens (tertiary/aromatic N) is 3. The number of aromatic nitrogens is 2. The van der Waals surface area contributed by atoms with Crippen molar-refractivity contribution in [2.75, 3.05) is 14.1 Å². The van der Waals surface area contributed by atoms with E-state index in [0.717, 1.165) is 0 Å². The molecule has 2 N–H and O–H groups in total. The van der Waals surface area contributed by atoms with Crippen LogP contribution in [0.4, 0.5) is 0 Å². The topological polar surface area (TPSA) is 69.2 Å². The summed E-state index contributed by atoms with van der Waals surface area (Å²) < 4.78 is 1.69. The van der Waals surface area contributed by atoms with Crippen LogP contribution in [0.5, 0.6) is 11.8 Å². The molecule has 0 spiro atoms. The van der Waals surface area contributed by atoms with Crippen molar-refractivity contribution in [1.29, 1.82) is 0 Å². The summed E-state index contributed by atoms with van der Waals surface area (Å²) in [6.45, 7) is 1.60. The second-order valence-corrected chi connectivity index (χ2v) is 2.92. The lowest BCUT2D eigenvalue weighted by Crippen LogP contribution is -3.00. The average Bonchev–Trinajstić information content (AvgIpc) is 1.96. The van der Waals surface area contributed by atoms with E-state index in [1.807, 2.05) is 0 Å². The maximum atomic E-state index is 9.35. The monoisotopic (exact) mass is 217 g/mol. The van der Waals surface area contributed by atoms with Crippen molar-refractivity contribution >= 4 is 6.21 Å². The molecule has 1 aromatic rings. The Morgan fingerprint density at radius 3 is 1.93 bits per heavy atom. The second-order valence-electron chi connectivity index (χ2n) is 2.92. The zero-order valence-electron chi connectivity index (χ0n) is 8.19. The number of halogens is 1. The van der Waals surface area contributed by atoms with Gasteiger partial charge in [0, 0.05) is 0 Å². The van der Waals surface area contributed by atoms with E-state index in [4.69, 9.17) is 0 Å². The lowest BCUT2D eigenvalue weighted by molar-refractivity contribution is -0.458. The van der Waals surface area contributed by atoms with Gasteiger partial charge in [-0.15, -0.1) is 0 Å². The van der Waals surface area contributed by atoms with E-state index < -0.39 is 0 Å². The van der Waals surface area contributed by atoms with Gasteiger partial charge in [0.2, 0.25) is 11.8 Å². The van der Waals surface area contributed by atoms with E-state index in [9.17, 15) is 10.2 Å². The summed E-state index contributed by atoms with van der Waals surface area (Å²) in [5, 5.41) is 18.7. The highest BCUT2D eigenvalue weighted by Gasteiger charge is 2.12. The van der Waals surface area contributed by atoms with Crippen molar-refractivity contribution in [3.05, 3.63) is 11.4 Å². The van der Waals surface area contributed by atoms with Gasteiger partial charge in [-0.3, -0.25) is 0 Å². The van der Waals surface area contributed by atoms with E-state index >= 15 is 0 Å². The average molecular weight is 218 g/mol. The standard InChI is InChI=1S/C8H11N3O2.ClH/c1-5-9-7(12)6(4-11(2)3)8(13)10-5;/h4H,1-3H3,(H,9,10,12,13);1H. The first-order valence-corrected chi connectivity index (χ1v) is 3.78. The largest absolute Gasteiger partial charge is 1.00 e. The predicted molar refractivity (Wildman–Crippen MR) is 47.4 cm³/mol. The molecule has 0 unspecified atom stereocenters. The quantitative estimate of drug-likeness (QED) is 0.386. The molecule has 0 aliphatic carbocycles. The van der Waals surface area contributed by atoms with Crippen molar-refractivity contribution in [3.8, 4) is 11.8 Å². The number of rotatable bonds is 1. The molecule has 0 radical (unpaired) electrons. The molecule has 78 valence electrons. The third kappa shape index (κ3) is 2.85. The Balaban J connectivity index is 0.00000169. The first-order chi connectivity index (χ1) is 6.00. The summed E-state index contributed by atoms with van der Waals surface area (Å²) in [6.07, 6.45) is 1.55. The Morgan fingerprint density at radius 1 is 1.14 bits per heavy atom. The van der Waals surface area contributed by atoms with Gasteiger partial charge in [0.05, 0.1) is 0 Å². The van der Waals surface area contributed by atoms with Crippen molar-refractivity contribution in [1.82, 2.24) is 9.97 Å². The van der Waals surface area contributed by atoms with E-state index in [0.29, 0.717) is 5.82 Å². The molecule has 0 fully saturated rings. The van der Waals surface area contributed by atoms with Gasteiger partial charge < -0.3 is 22.6 Å². The van der Waals surface area contributed by atoms with Crippen LogP contribution in [-0.4, -0.2) is 45.1 Å². The van der Waals surface area contributed by atoms with Gasteiger partial charge in [0.1, 0.15) is 19.9 Å². The van der Waals surface area contributed by atoms with Gasteiger partial charge in [-0.25, -0.2) is 4.58 Å². The van der Waals surface area contributed by atoms with Crippen LogP contribution in [-0.2, 0) is 0 Å². The molecule has 0 aliphatic heterocycles. The minimum absolute atomic E-state index is 0. The Labute approximate surface area is 88.2 Å². The molecule has 0 saturated heterocycles. The highest BCUT2D eigenvalue weighted by Crippen LogP contribution is 2.19. The Morgan fingerprint density at radius 2 is 1.57 bits per heavy atom. The summed E-state index contributed by atoms with van der Waals surface area (Å²) in [5.74, 6) is -0.0803. The third-order valence-electron chi connectivity index (χ3n) is 1.40. The van der Waals surface area contributed by atoms with E-state index in [2.05, 4.69) is 9.97 Å². The molecule has 1 heterocycles. The summed E-state index contributed by atoms with van der Waals surface area (Å²) in [5.41, 5.74) is 0.232. The fourth-order valence-electron chi connectivity index (χ4n) is 0.926. The molecule has 0 aromatic carbocycles. The van der Waals surface area contributed by atoms with E-state index in [1.165, 1.54) is 0 Å². The van der Waals surface area contributed by atoms with E-state index in [1.54, 1.807) is 31.8 Å². The molecule has 0 saturated carbocycles. The minimum atomic E-state index is -0.210. The van der Waals surface area contributed by atoms with Crippen LogP contribution in [0.25, 0.3) is 0 Å². The molecule has 0 aliphatic rings. The van der Waals surface area contributed by atoms with Crippen molar-refractivity contribution in [3.63, 3.8) is 0 Å². The maximum absolute atomic E-state index is 9.35. The maximum Gasteiger partial charge on any atom is 0.231 e. The second kappa shape index (κ2) is 4.76. The van der Waals surface area contributed by atoms with Gasteiger partial charge in [0.25, 0.3) is 0 Å². The summed E-state index contributed by atoms with van der Waals surface area (Å²) in [7, 11) is 3.55. The molecule has 0 bridgehead atoms. The molecular formula is C8H12ClN3O2. The van der Waals surface area contributed by atoms with Crippen LogP contribution in [0.15, 0.2) is 0 Å². The number of aryl methyl sites for hydroxylation is 1. The number of hydrogen-bond acceptors (Lipinski definition) is 4. The molecule has 6 heteroatoms. The predicted octanol–water partition coefficient (Wildman–Crippen LogP) is -3.11. The zero-order valence-corrected chi connectivity index (χ0v) is 8.95. The lowest BCUT2D eigenvalue weighted by atomic mass is 10.3. The van der Waals surface area contributed by atoms with Crippen LogP contribution in [0.2, 0.25) is 0 Å². The van der Waals surface area contributed by atoms with Gasteiger partial charge in [-0.1, -0.05) is 0 Å². The minimum Gasteiger partial charge on any atom is -1.00 e. The van der Waals surface area contributed by atoms with Crippen molar-refractivity contribution < 1.29 is 27.2 Å². The van der Waals surface area contributed by atoms with Crippen molar-refractivity contribution in [2.24, 2.45) is 0 Å². The SMILES string of the molecule is Cc1nc(O)c(C=[N+](C)C)c(O)n1.[Cl-]. The van der Waals surface area contributed by atoms with Gasteiger partial charge in [-0.2, -0.15) is 9.97 Å². The van der Waals surface area contributed by atoms with Crippen LogP contribution in [0, 0.1) is 6.92 Å². The van der Waals surface area contributed by atoms with Crippen LogP contribution < -0.4 is 12.4 Å². The lowest BCUT2D eigenvalue weighted by Gasteiger charge is -1.99. The molecular weight excluding hydrogens is 206 g/mol. The molecule has 0 amide bonds. The normalized spacial score (nSPS) is 9.07. The molecule has 0 atom stereocenters. The fraction of sp³-hybridized carbons (Fsp3) is 0.375. The number of hydrogen-bond donors (Lipinski definition) is 2. The van der Waals surface area contributed by atoms with Crippen LogP contribution >= 0.6 is 0 Å². The molecule has 1 aromatic heterocycles. The summed E-state index contributed by atoms with van der Waals surface area (Å²) in [4.78, 5) is 7.43. The molecule has 5 nitrogen and oxygen atoms in total. The first-order valence-electron chi connectivity index (χ1n) is 3.78. The van der Waals surface area contributed by atoms with Crippen LogP contribution in [0.3, 0.4) is 0 Å². The Kier molecular flexibility index (Phi) is 4.30. The van der Waals surface area contributed by atoms with Gasteiger partial charge in [-0.05, 0) is 6.92 Å². The molecule has 14 heavy (non-hydrogen) atoms. The summed E-state index contributed by atoms with van der Waals surface area (Å²) in [6, 6.07) is 0. The molecule has 1 rings (SSSR count). The Hall–Kier alpha value is -1.36. The smallest absolute Gasteiger partial charge is 0.231 e. The van der Waals surface area contributed by atoms with Gasteiger partial charge >= 0.3 is 0 Å². The Bertz CT molecular complexity index is 339. The number of aromatic hydroxyl groups is 2. The fourth-order valence-corrected chi connectivity index (χ4v) is 0.926. The summed E-state index contributed by atoms with van der Waals surface area (Å²) >= 11 is 0. The highest BCUT2D eigenvalue weighted by molar-refractivity contribution is 5.81.